The maximum Gasteiger partial charge on any atom is 0.0816 e. The van der Waals surface area contributed by atoms with Crippen LogP contribution in [-0.2, 0) is 25.9 Å². The van der Waals surface area contributed by atoms with Crippen LogP contribution in [0.1, 0.15) is 35.4 Å². The van der Waals surface area contributed by atoms with Crippen molar-refractivity contribution < 1.29 is 0 Å². The molecule has 1 aromatic heterocycles. The molecule has 2 aliphatic rings. The molecule has 0 saturated carbocycles. The fourth-order valence-corrected chi connectivity index (χ4v) is 2.34. The molecule has 3 rings (SSSR count). The Hall–Kier alpha value is -0.670. The first-order chi connectivity index (χ1) is 6.45. The molecule has 0 unspecified atom stereocenters. The minimum atomic E-state index is 0. The van der Waals surface area contributed by atoms with Crippen LogP contribution in [0.3, 0.4) is 0 Å². The number of aryl methyl sites for hydroxylation is 1. The molecule has 4 heteroatoms. The van der Waals surface area contributed by atoms with Crippen molar-refractivity contribution in [2.45, 2.75) is 38.8 Å². The van der Waals surface area contributed by atoms with Crippen LogP contribution in [0.25, 0.3) is 0 Å². The van der Waals surface area contributed by atoms with E-state index in [1.165, 1.54) is 41.8 Å². The summed E-state index contributed by atoms with van der Waals surface area (Å²) in [5, 5.41) is 11.9. The predicted octanol–water partition coefficient (Wildman–Crippen LogP) is 1.38. The highest BCUT2D eigenvalue weighted by Gasteiger charge is 2.21. The van der Waals surface area contributed by atoms with Crippen LogP contribution in [0, 0.1) is 0 Å². The van der Waals surface area contributed by atoms with E-state index in [9.17, 15) is 0 Å². The third kappa shape index (κ3) is 1.41. The molecular formula is C10H14ClN3. The maximum atomic E-state index is 4.30. The van der Waals surface area contributed by atoms with Gasteiger partial charge in [0.05, 0.1) is 11.4 Å². The van der Waals surface area contributed by atoms with Gasteiger partial charge in [-0.25, -0.2) is 0 Å². The largest absolute Gasteiger partial charge is 0.307 e. The highest BCUT2D eigenvalue weighted by Crippen LogP contribution is 2.26. The van der Waals surface area contributed by atoms with Crippen LogP contribution in [0.15, 0.2) is 0 Å². The van der Waals surface area contributed by atoms with Crippen LogP contribution in [0.5, 0.6) is 0 Å². The van der Waals surface area contributed by atoms with E-state index in [2.05, 4.69) is 15.5 Å². The van der Waals surface area contributed by atoms with E-state index in [0.29, 0.717) is 0 Å². The molecule has 14 heavy (non-hydrogen) atoms. The normalized spacial score (nSPS) is 18.3. The van der Waals surface area contributed by atoms with Gasteiger partial charge in [-0.05, 0) is 36.8 Å². The van der Waals surface area contributed by atoms with E-state index in [1.807, 2.05) is 0 Å². The van der Waals surface area contributed by atoms with E-state index in [1.54, 1.807) is 0 Å². The van der Waals surface area contributed by atoms with E-state index < -0.39 is 0 Å². The van der Waals surface area contributed by atoms with Gasteiger partial charge in [0.15, 0.2) is 0 Å². The second-order valence-corrected chi connectivity index (χ2v) is 3.86. The van der Waals surface area contributed by atoms with Crippen molar-refractivity contribution >= 4 is 12.4 Å². The summed E-state index contributed by atoms with van der Waals surface area (Å²) >= 11 is 0. The number of aromatic nitrogens is 2. The Morgan fingerprint density at radius 2 is 1.64 bits per heavy atom. The molecule has 0 bridgehead atoms. The lowest BCUT2D eigenvalue weighted by molar-refractivity contribution is 0.646. The summed E-state index contributed by atoms with van der Waals surface area (Å²) in [6.45, 7) is 1.92. The number of nitrogens with one attached hydrogen (secondary N) is 1. The Bertz CT molecular complexity index is 351. The van der Waals surface area contributed by atoms with E-state index in [0.717, 1.165) is 19.5 Å². The third-order valence-corrected chi connectivity index (χ3v) is 3.04. The first kappa shape index (κ1) is 9.87. The molecule has 1 aliphatic carbocycles. The quantitative estimate of drug-likeness (QED) is 0.705. The zero-order valence-corrected chi connectivity index (χ0v) is 8.86. The number of nitrogens with zero attached hydrogens (tertiary/aromatic N) is 2. The summed E-state index contributed by atoms with van der Waals surface area (Å²) in [5.74, 6) is 0. The lowest BCUT2D eigenvalue weighted by Gasteiger charge is -2.16. The van der Waals surface area contributed by atoms with Gasteiger partial charge in [0.25, 0.3) is 0 Å². The number of rotatable bonds is 0. The summed E-state index contributed by atoms with van der Waals surface area (Å²) in [6, 6.07) is 0. The van der Waals surface area contributed by atoms with Crippen molar-refractivity contribution in [2.75, 3.05) is 0 Å². The van der Waals surface area contributed by atoms with Crippen molar-refractivity contribution in [2.24, 2.45) is 0 Å². The average Bonchev–Trinajstić information content (AvgIpc) is 2.65. The predicted molar refractivity (Wildman–Crippen MR) is 56.5 cm³/mol. The second-order valence-electron chi connectivity index (χ2n) is 3.86. The molecule has 0 radical (unpaired) electrons. The van der Waals surface area contributed by atoms with E-state index in [4.69, 9.17) is 0 Å². The highest BCUT2D eigenvalue weighted by atomic mass is 35.5. The molecule has 1 aromatic rings. The molecule has 0 amide bonds. The van der Waals surface area contributed by atoms with Gasteiger partial charge in [-0.15, -0.1) is 12.4 Å². The zero-order chi connectivity index (χ0) is 8.67. The van der Waals surface area contributed by atoms with Crippen LogP contribution in [-0.4, -0.2) is 10.2 Å². The molecule has 0 atom stereocenters. The van der Waals surface area contributed by atoms with Gasteiger partial charge < -0.3 is 5.32 Å². The second kappa shape index (κ2) is 3.83. The molecule has 1 aliphatic heterocycles. The van der Waals surface area contributed by atoms with Crippen LogP contribution in [0.4, 0.5) is 0 Å². The molecule has 1 N–H and O–H groups in total. The number of hydrogen-bond donors (Lipinski definition) is 1. The SMILES string of the molecule is C1CCc2c(nnc3c2CNC3)C1.Cl. The topological polar surface area (TPSA) is 37.8 Å². The summed E-state index contributed by atoms with van der Waals surface area (Å²) in [7, 11) is 0. The maximum absolute atomic E-state index is 4.30. The van der Waals surface area contributed by atoms with Crippen molar-refractivity contribution in [1.82, 2.24) is 15.5 Å². The van der Waals surface area contributed by atoms with Crippen LogP contribution < -0.4 is 5.32 Å². The molecule has 0 saturated heterocycles. The van der Waals surface area contributed by atoms with Gasteiger partial charge >= 0.3 is 0 Å². The summed E-state index contributed by atoms with van der Waals surface area (Å²) < 4.78 is 0. The Labute approximate surface area is 89.7 Å². The average molecular weight is 212 g/mol. The van der Waals surface area contributed by atoms with E-state index >= 15 is 0 Å². The Balaban J connectivity index is 0.000000750. The Morgan fingerprint density at radius 3 is 2.57 bits per heavy atom. The fourth-order valence-electron chi connectivity index (χ4n) is 2.34. The standard InChI is InChI=1S/C10H13N3.ClH/c1-2-4-9-7(3-1)8-5-11-6-10(8)13-12-9;/h11H,1-6H2;1H. The third-order valence-electron chi connectivity index (χ3n) is 3.04. The number of hydrogen-bond acceptors (Lipinski definition) is 3. The van der Waals surface area contributed by atoms with Crippen molar-refractivity contribution in [1.29, 1.82) is 0 Å². The van der Waals surface area contributed by atoms with Gasteiger partial charge in [-0.2, -0.15) is 10.2 Å². The fraction of sp³-hybridized carbons (Fsp3) is 0.600. The molecule has 76 valence electrons. The van der Waals surface area contributed by atoms with Gasteiger partial charge in [0, 0.05) is 13.1 Å². The van der Waals surface area contributed by atoms with Gasteiger partial charge in [0.1, 0.15) is 0 Å². The van der Waals surface area contributed by atoms with Crippen LogP contribution >= 0.6 is 12.4 Å². The minimum Gasteiger partial charge on any atom is -0.307 e. The Kier molecular flexibility index (Phi) is 2.70. The number of fused-ring (bicyclic) bond motifs is 3. The Morgan fingerprint density at radius 1 is 0.857 bits per heavy atom. The highest BCUT2D eigenvalue weighted by molar-refractivity contribution is 5.85. The molecule has 0 spiro atoms. The summed E-state index contributed by atoms with van der Waals surface area (Å²) in [5.41, 5.74) is 5.39. The zero-order valence-electron chi connectivity index (χ0n) is 8.05. The lowest BCUT2D eigenvalue weighted by atomic mass is 9.92. The van der Waals surface area contributed by atoms with Crippen molar-refractivity contribution in [3.05, 3.63) is 22.5 Å². The first-order valence-electron chi connectivity index (χ1n) is 5.02. The molecule has 2 heterocycles. The molecule has 0 fully saturated rings. The number of halogens is 1. The van der Waals surface area contributed by atoms with Crippen molar-refractivity contribution in [3.8, 4) is 0 Å². The lowest BCUT2D eigenvalue weighted by Crippen LogP contribution is -2.11. The summed E-state index contributed by atoms with van der Waals surface area (Å²) in [4.78, 5) is 0. The monoisotopic (exact) mass is 211 g/mol. The van der Waals surface area contributed by atoms with Crippen LogP contribution in [0.2, 0.25) is 0 Å². The molecular weight excluding hydrogens is 198 g/mol. The first-order valence-corrected chi connectivity index (χ1v) is 5.02. The molecule has 3 nitrogen and oxygen atoms in total. The van der Waals surface area contributed by atoms with Gasteiger partial charge in [-0.1, -0.05) is 0 Å². The summed E-state index contributed by atoms with van der Waals surface area (Å²) in [6.07, 6.45) is 4.96. The van der Waals surface area contributed by atoms with Gasteiger partial charge in [0.2, 0.25) is 0 Å². The smallest absolute Gasteiger partial charge is 0.0816 e. The van der Waals surface area contributed by atoms with Crippen molar-refractivity contribution in [3.63, 3.8) is 0 Å². The molecule has 0 aromatic carbocycles. The minimum absolute atomic E-state index is 0. The van der Waals surface area contributed by atoms with E-state index in [-0.39, 0.29) is 12.4 Å². The van der Waals surface area contributed by atoms with Gasteiger partial charge in [-0.3, -0.25) is 0 Å².